The van der Waals surface area contributed by atoms with Gasteiger partial charge in [-0.1, -0.05) is 12.1 Å². The first kappa shape index (κ1) is 15.8. The fourth-order valence-corrected chi connectivity index (χ4v) is 1.44. The average molecular weight is 278 g/mol. The number of carbonyl (C=O) groups is 2. The van der Waals surface area contributed by atoms with Crippen molar-refractivity contribution in [2.24, 2.45) is 0 Å². The van der Waals surface area contributed by atoms with E-state index >= 15 is 0 Å². The van der Waals surface area contributed by atoms with Crippen LogP contribution in [0.5, 0.6) is 5.75 Å². The zero-order valence-electron chi connectivity index (χ0n) is 12.0. The van der Waals surface area contributed by atoms with Crippen LogP contribution < -0.4 is 4.74 Å². The van der Waals surface area contributed by atoms with Gasteiger partial charge in [-0.25, -0.2) is 9.59 Å². The molecule has 0 saturated heterocycles. The van der Waals surface area contributed by atoms with Gasteiger partial charge >= 0.3 is 11.9 Å². The molecule has 1 aromatic carbocycles. The van der Waals surface area contributed by atoms with Crippen LogP contribution in [0.15, 0.2) is 29.8 Å². The summed E-state index contributed by atoms with van der Waals surface area (Å²) in [7, 11) is 1.51. The first-order chi connectivity index (χ1) is 9.23. The highest BCUT2D eigenvalue weighted by molar-refractivity contribution is 6.17. The number of hydrogen-bond acceptors (Lipinski definition) is 4. The van der Waals surface area contributed by atoms with Crippen LogP contribution in [0, 0.1) is 0 Å². The van der Waals surface area contributed by atoms with Gasteiger partial charge in [-0.05, 0) is 44.5 Å². The number of hydrogen-bond donors (Lipinski definition) is 1. The molecule has 1 aromatic rings. The van der Waals surface area contributed by atoms with Crippen molar-refractivity contribution < 1.29 is 24.2 Å². The van der Waals surface area contributed by atoms with E-state index in [0.717, 1.165) is 0 Å². The molecule has 0 unspecified atom stereocenters. The lowest BCUT2D eigenvalue weighted by atomic mass is 10.1. The van der Waals surface area contributed by atoms with Crippen molar-refractivity contribution >= 4 is 18.0 Å². The summed E-state index contributed by atoms with van der Waals surface area (Å²) in [5.41, 5.74) is -0.624. The molecular weight excluding hydrogens is 260 g/mol. The first-order valence-corrected chi connectivity index (χ1v) is 6.05. The standard InChI is InChI=1S/C15H18O5/c1-15(2,3)20-14(18)12(13(16)17)9-10-6-5-7-11(8-10)19-4/h5-9H,1-4H3,(H,16,17). The number of rotatable bonds is 4. The Morgan fingerprint density at radius 2 is 1.90 bits per heavy atom. The highest BCUT2D eigenvalue weighted by Crippen LogP contribution is 2.17. The van der Waals surface area contributed by atoms with Crippen molar-refractivity contribution in [3.8, 4) is 5.75 Å². The molecule has 108 valence electrons. The summed E-state index contributed by atoms with van der Waals surface area (Å²) in [6, 6.07) is 6.74. The van der Waals surface area contributed by atoms with E-state index in [9.17, 15) is 9.59 Å². The van der Waals surface area contributed by atoms with Crippen LogP contribution in [0.3, 0.4) is 0 Å². The van der Waals surface area contributed by atoms with E-state index in [1.54, 1.807) is 45.0 Å². The Morgan fingerprint density at radius 1 is 1.25 bits per heavy atom. The molecule has 5 heteroatoms. The highest BCUT2D eigenvalue weighted by atomic mass is 16.6. The molecular formula is C15H18O5. The van der Waals surface area contributed by atoms with Gasteiger partial charge in [0.15, 0.2) is 0 Å². The Labute approximate surface area is 117 Å². The maximum Gasteiger partial charge on any atom is 0.346 e. The molecule has 0 fully saturated rings. The highest BCUT2D eigenvalue weighted by Gasteiger charge is 2.24. The molecule has 20 heavy (non-hydrogen) atoms. The van der Waals surface area contributed by atoms with Gasteiger partial charge in [-0.15, -0.1) is 0 Å². The van der Waals surface area contributed by atoms with Crippen molar-refractivity contribution in [1.82, 2.24) is 0 Å². The van der Waals surface area contributed by atoms with Gasteiger partial charge in [0.2, 0.25) is 0 Å². The molecule has 0 spiro atoms. The Balaban J connectivity index is 3.09. The van der Waals surface area contributed by atoms with Crippen molar-refractivity contribution in [3.63, 3.8) is 0 Å². The largest absolute Gasteiger partial charge is 0.497 e. The first-order valence-electron chi connectivity index (χ1n) is 6.05. The second-order valence-corrected chi connectivity index (χ2v) is 5.14. The Kier molecular flexibility index (Phi) is 4.91. The Morgan fingerprint density at radius 3 is 2.40 bits per heavy atom. The van der Waals surface area contributed by atoms with E-state index in [1.807, 2.05) is 0 Å². The molecule has 5 nitrogen and oxygen atoms in total. The third kappa shape index (κ3) is 4.76. The monoisotopic (exact) mass is 278 g/mol. The van der Waals surface area contributed by atoms with Crippen LogP contribution in [0.2, 0.25) is 0 Å². The Hall–Kier alpha value is -2.30. The van der Waals surface area contributed by atoms with Crippen molar-refractivity contribution in [2.45, 2.75) is 26.4 Å². The van der Waals surface area contributed by atoms with E-state index in [1.165, 1.54) is 13.2 Å². The number of carbonyl (C=O) groups excluding carboxylic acids is 1. The predicted octanol–water partition coefficient (Wildman–Crippen LogP) is 2.50. The fourth-order valence-electron chi connectivity index (χ4n) is 1.44. The topological polar surface area (TPSA) is 72.8 Å². The quantitative estimate of drug-likeness (QED) is 0.396. The van der Waals surface area contributed by atoms with Crippen molar-refractivity contribution in [3.05, 3.63) is 35.4 Å². The lowest BCUT2D eigenvalue weighted by Gasteiger charge is -2.19. The molecule has 0 amide bonds. The molecule has 0 radical (unpaired) electrons. The zero-order valence-corrected chi connectivity index (χ0v) is 12.0. The molecule has 0 heterocycles. The number of carboxylic acid groups (broad SMARTS) is 1. The molecule has 0 aliphatic heterocycles. The molecule has 1 rings (SSSR count). The van der Waals surface area contributed by atoms with Crippen molar-refractivity contribution in [2.75, 3.05) is 7.11 Å². The van der Waals surface area contributed by atoms with Crippen LogP contribution in [0.4, 0.5) is 0 Å². The smallest absolute Gasteiger partial charge is 0.346 e. The second kappa shape index (κ2) is 6.23. The summed E-state index contributed by atoms with van der Waals surface area (Å²) in [6.45, 7) is 5.03. The fraction of sp³-hybridized carbons (Fsp3) is 0.333. The molecule has 0 aromatic heterocycles. The third-order valence-electron chi connectivity index (χ3n) is 2.25. The molecule has 0 atom stereocenters. The van der Waals surface area contributed by atoms with Gasteiger partial charge in [0.05, 0.1) is 7.11 Å². The van der Waals surface area contributed by atoms with Crippen molar-refractivity contribution in [1.29, 1.82) is 0 Å². The number of methoxy groups -OCH3 is 1. The van der Waals surface area contributed by atoms with Crippen LogP contribution >= 0.6 is 0 Å². The van der Waals surface area contributed by atoms with Gasteiger partial charge in [0.1, 0.15) is 16.9 Å². The number of ether oxygens (including phenoxy) is 2. The molecule has 0 aliphatic carbocycles. The van der Waals surface area contributed by atoms with Gasteiger partial charge in [-0.3, -0.25) is 0 Å². The lowest BCUT2D eigenvalue weighted by molar-refractivity contribution is -0.152. The summed E-state index contributed by atoms with van der Waals surface area (Å²) in [5.74, 6) is -1.62. The number of esters is 1. The van der Waals surface area contributed by atoms with E-state index in [2.05, 4.69) is 0 Å². The molecule has 1 N–H and O–H groups in total. The van der Waals surface area contributed by atoms with Crippen LogP contribution in [-0.4, -0.2) is 29.8 Å². The summed E-state index contributed by atoms with van der Waals surface area (Å²) >= 11 is 0. The summed E-state index contributed by atoms with van der Waals surface area (Å²) in [5, 5.41) is 9.13. The number of carboxylic acids is 1. The normalized spacial score (nSPS) is 11.9. The minimum absolute atomic E-state index is 0.423. The average Bonchev–Trinajstić information content (AvgIpc) is 2.33. The minimum atomic E-state index is -1.33. The molecule has 0 bridgehead atoms. The maximum absolute atomic E-state index is 11.9. The van der Waals surface area contributed by atoms with Crippen LogP contribution in [0.25, 0.3) is 6.08 Å². The van der Waals surface area contributed by atoms with Gasteiger partial charge in [0.25, 0.3) is 0 Å². The van der Waals surface area contributed by atoms with E-state index in [4.69, 9.17) is 14.6 Å². The third-order valence-corrected chi connectivity index (χ3v) is 2.25. The number of benzene rings is 1. The molecule has 0 aliphatic rings. The zero-order chi connectivity index (χ0) is 15.3. The van der Waals surface area contributed by atoms with E-state index in [0.29, 0.717) is 11.3 Å². The van der Waals surface area contributed by atoms with E-state index in [-0.39, 0.29) is 0 Å². The van der Waals surface area contributed by atoms with Gasteiger partial charge in [-0.2, -0.15) is 0 Å². The van der Waals surface area contributed by atoms with E-state index < -0.39 is 23.1 Å². The number of aliphatic carboxylic acids is 1. The van der Waals surface area contributed by atoms with Crippen LogP contribution in [-0.2, 0) is 14.3 Å². The minimum Gasteiger partial charge on any atom is -0.497 e. The second-order valence-electron chi connectivity index (χ2n) is 5.14. The van der Waals surface area contributed by atoms with Gasteiger partial charge < -0.3 is 14.6 Å². The molecule has 0 saturated carbocycles. The lowest BCUT2D eigenvalue weighted by Crippen LogP contribution is -2.27. The predicted molar refractivity (Wildman–Crippen MR) is 74.5 cm³/mol. The maximum atomic E-state index is 11.9. The van der Waals surface area contributed by atoms with Crippen LogP contribution in [0.1, 0.15) is 26.3 Å². The summed E-state index contributed by atoms with van der Waals surface area (Å²) in [4.78, 5) is 23.0. The SMILES string of the molecule is COc1cccc(C=C(C(=O)O)C(=O)OC(C)(C)C)c1. The van der Waals surface area contributed by atoms with Gasteiger partial charge in [0, 0.05) is 0 Å². The summed E-state index contributed by atoms with van der Waals surface area (Å²) in [6.07, 6.45) is 1.26. The Bertz CT molecular complexity index is 537. The summed E-state index contributed by atoms with van der Waals surface area (Å²) < 4.78 is 10.1.